The highest BCUT2D eigenvalue weighted by Gasteiger charge is 2.16. The van der Waals surface area contributed by atoms with Crippen LogP contribution < -0.4 is 10.1 Å². The van der Waals surface area contributed by atoms with Crippen LogP contribution in [-0.4, -0.2) is 24.3 Å². The monoisotopic (exact) mass is 391 g/mol. The highest BCUT2D eigenvalue weighted by Crippen LogP contribution is 2.24. The van der Waals surface area contributed by atoms with Crippen LogP contribution >= 0.6 is 23.4 Å². The molecule has 0 saturated carbocycles. The van der Waals surface area contributed by atoms with Gasteiger partial charge in [-0.15, -0.1) is 0 Å². The quantitative estimate of drug-likeness (QED) is 0.637. The summed E-state index contributed by atoms with van der Waals surface area (Å²) in [7, 11) is 0. The minimum absolute atomic E-state index is 0.0955. The molecule has 0 heterocycles. The lowest BCUT2D eigenvalue weighted by Crippen LogP contribution is -2.37. The fourth-order valence-corrected chi connectivity index (χ4v) is 3.70. The van der Waals surface area contributed by atoms with E-state index in [1.165, 1.54) is 5.56 Å². The molecule has 0 saturated heterocycles. The number of hydrogen-bond acceptors (Lipinski definition) is 3. The summed E-state index contributed by atoms with van der Waals surface area (Å²) < 4.78 is 5.87. The van der Waals surface area contributed by atoms with E-state index in [2.05, 4.69) is 18.3 Å². The van der Waals surface area contributed by atoms with Crippen molar-refractivity contribution in [2.45, 2.75) is 39.6 Å². The van der Waals surface area contributed by atoms with Gasteiger partial charge in [0.2, 0.25) is 0 Å². The lowest BCUT2D eigenvalue weighted by atomic mass is 10.1. The van der Waals surface area contributed by atoms with Crippen molar-refractivity contribution >= 4 is 29.3 Å². The van der Waals surface area contributed by atoms with Gasteiger partial charge in [-0.25, -0.2) is 0 Å². The second-order valence-corrected chi connectivity index (χ2v) is 7.91. The van der Waals surface area contributed by atoms with Crippen molar-refractivity contribution in [2.75, 3.05) is 12.3 Å². The molecule has 5 heteroatoms. The van der Waals surface area contributed by atoms with Gasteiger partial charge in [-0.2, -0.15) is 11.8 Å². The molecule has 1 amide bonds. The fraction of sp³-hybridized carbons (Fsp3) is 0.381. The second kappa shape index (κ2) is 9.89. The summed E-state index contributed by atoms with van der Waals surface area (Å²) >= 11 is 7.89. The lowest BCUT2D eigenvalue weighted by Gasteiger charge is -2.18. The Morgan fingerprint density at radius 2 is 1.96 bits per heavy atom. The largest absolute Gasteiger partial charge is 0.481 e. The number of benzene rings is 2. The Morgan fingerprint density at radius 1 is 1.23 bits per heavy atom. The summed E-state index contributed by atoms with van der Waals surface area (Å²) in [6.07, 6.45) is -0.525. The van der Waals surface area contributed by atoms with Crippen LogP contribution in [0.5, 0.6) is 5.75 Å². The Bertz CT molecular complexity index is 764. The highest BCUT2D eigenvalue weighted by atomic mass is 35.5. The first-order chi connectivity index (χ1) is 12.4. The molecule has 2 rings (SSSR count). The number of halogens is 1. The van der Waals surface area contributed by atoms with Gasteiger partial charge >= 0.3 is 0 Å². The minimum atomic E-state index is -0.525. The normalized spacial score (nSPS) is 11.9. The molecule has 0 aliphatic heterocycles. The molecular weight excluding hydrogens is 366 g/mol. The van der Waals surface area contributed by atoms with Crippen LogP contribution in [0.2, 0.25) is 5.02 Å². The standard InChI is InChI=1S/C21H26ClNO2S/c1-14-11-15(2)16(3)20(12-14)25-17(4)21(24)23-9-10-26-13-18-7-5-6-8-19(18)22/h5-8,11-12,17H,9-10,13H2,1-4H3,(H,23,24)/t17-/m0/s1. The predicted octanol–water partition coefficient (Wildman–Crippen LogP) is 5.08. The Balaban J connectivity index is 1.75. The topological polar surface area (TPSA) is 38.3 Å². The van der Waals surface area contributed by atoms with E-state index in [0.29, 0.717) is 6.54 Å². The van der Waals surface area contributed by atoms with E-state index in [1.54, 1.807) is 18.7 Å². The summed E-state index contributed by atoms with van der Waals surface area (Å²) in [6, 6.07) is 11.9. The van der Waals surface area contributed by atoms with Crippen molar-refractivity contribution in [1.29, 1.82) is 0 Å². The van der Waals surface area contributed by atoms with Crippen molar-refractivity contribution in [2.24, 2.45) is 0 Å². The number of rotatable bonds is 8. The van der Waals surface area contributed by atoms with Gasteiger partial charge in [0.25, 0.3) is 5.91 Å². The van der Waals surface area contributed by atoms with Gasteiger partial charge in [-0.1, -0.05) is 35.9 Å². The first-order valence-corrected chi connectivity index (χ1v) is 10.2. The second-order valence-electron chi connectivity index (χ2n) is 6.40. The third kappa shape index (κ3) is 5.96. The molecule has 0 fully saturated rings. The first kappa shape index (κ1) is 20.7. The maximum atomic E-state index is 12.2. The Kier molecular flexibility index (Phi) is 7.85. The number of hydrogen-bond donors (Lipinski definition) is 1. The summed E-state index contributed by atoms with van der Waals surface area (Å²) in [4.78, 5) is 12.2. The molecule has 1 N–H and O–H groups in total. The number of carbonyl (C=O) groups is 1. The van der Waals surface area contributed by atoms with E-state index in [1.807, 2.05) is 44.2 Å². The van der Waals surface area contributed by atoms with Gasteiger partial charge in [-0.3, -0.25) is 4.79 Å². The molecule has 140 valence electrons. The number of aryl methyl sites for hydroxylation is 2. The van der Waals surface area contributed by atoms with E-state index >= 15 is 0 Å². The molecule has 0 aliphatic carbocycles. The Morgan fingerprint density at radius 3 is 2.69 bits per heavy atom. The molecule has 2 aromatic rings. The number of carbonyl (C=O) groups excluding carboxylic acids is 1. The smallest absolute Gasteiger partial charge is 0.260 e. The summed E-state index contributed by atoms with van der Waals surface area (Å²) in [5.41, 5.74) is 4.49. The van der Waals surface area contributed by atoms with Gasteiger partial charge in [0.1, 0.15) is 5.75 Å². The molecule has 3 nitrogen and oxygen atoms in total. The molecule has 0 spiro atoms. The first-order valence-electron chi connectivity index (χ1n) is 8.72. The van der Waals surface area contributed by atoms with Crippen LogP contribution in [0.3, 0.4) is 0 Å². The lowest BCUT2D eigenvalue weighted by molar-refractivity contribution is -0.127. The van der Waals surface area contributed by atoms with E-state index in [4.69, 9.17) is 16.3 Å². The average Bonchev–Trinajstić information content (AvgIpc) is 2.60. The molecule has 0 bridgehead atoms. The van der Waals surface area contributed by atoms with Gasteiger partial charge in [-0.05, 0) is 62.1 Å². The van der Waals surface area contributed by atoms with Crippen molar-refractivity contribution in [3.63, 3.8) is 0 Å². The van der Waals surface area contributed by atoms with Gasteiger partial charge < -0.3 is 10.1 Å². The minimum Gasteiger partial charge on any atom is -0.481 e. The molecule has 2 aromatic carbocycles. The van der Waals surface area contributed by atoms with Gasteiger partial charge in [0.05, 0.1) is 0 Å². The number of amides is 1. The summed E-state index contributed by atoms with van der Waals surface area (Å²) in [5.74, 6) is 2.34. The maximum Gasteiger partial charge on any atom is 0.260 e. The van der Waals surface area contributed by atoms with E-state index in [0.717, 1.165) is 39.0 Å². The predicted molar refractivity (Wildman–Crippen MR) is 111 cm³/mol. The third-order valence-electron chi connectivity index (χ3n) is 4.20. The van der Waals surface area contributed by atoms with Crippen LogP contribution in [0.1, 0.15) is 29.2 Å². The zero-order valence-corrected chi connectivity index (χ0v) is 17.3. The summed E-state index contributed by atoms with van der Waals surface area (Å²) in [5, 5.41) is 3.72. The van der Waals surface area contributed by atoms with Gasteiger partial charge in [0.15, 0.2) is 6.10 Å². The van der Waals surface area contributed by atoms with E-state index in [-0.39, 0.29) is 5.91 Å². The summed E-state index contributed by atoms with van der Waals surface area (Å²) in [6.45, 7) is 8.48. The molecule has 1 atom stereocenters. The average molecular weight is 392 g/mol. The van der Waals surface area contributed by atoms with Gasteiger partial charge in [0, 0.05) is 23.1 Å². The van der Waals surface area contributed by atoms with Crippen LogP contribution in [0.25, 0.3) is 0 Å². The van der Waals surface area contributed by atoms with Crippen LogP contribution in [0, 0.1) is 20.8 Å². The SMILES string of the molecule is Cc1cc(C)c(C)c(O[C@@H](C)C(=O)NCCSCc2ccccc2Cl)c1. The van der Waals surface area contributed by atoms with Crippen molar-refractivity contribution in [3.8, 4) is 5.75 Å². The molecule has 0 aliphatic rings. The third-order valence-corrected chi connectivity index (χ3v) is 5.57. The molecular formula is C21H26ClNO2S. The van der Waals surface area contributed by atoms with Crippen molar-refractivity contribution in [3.05, 3.63) is 63.7 Å². The molecule has 0 unspecified atom stereocenters. The van der Waals surface area contributed by atoms with E-state index in [9.17, 15) is 4.79 Å². The molecule has 0 radical (unpaired) electrons. The Hall–Kier alpha value is -1.65. The van der Waals surface area contributed by atoms with Crippen molar-refractivity contribution < 1.29 is 9.53 Å². The Labute approximate surface area is 165 Å². The zero-order valence-electron chi connectivity index (χ0n) is 15.8. The highest BCUT2D eigenvalue weighted by molar-refractivity contribution is 7.98. The fourth-order valence-electron chi connectivity index (χ4n) is 2.55. The van der Waals surface area contributed by atoms with E-state index < -0.39 is 6.10 Å². The number of thioether (sulfide) groups is 1. The number of nitrogens with one attached hydrogen (secondary N) is 1. The number of ether oxygens (including phenoxy) is 1. The molecule has 0 aromatic heterocycles. The van der Waals surface area contributed by atoms with Crippen LogP contribution in [0.4, 0.5) is 0 Å². The van der Waals surface area contributed by atoms with Crippen LogP contribution in [-0.2, 0) is 10.5 Å². The maximum absolute atomic E-state index is 12.2. The van der Waals surface area contributed by atoms with Crippen molar-refractivity contribution in [1.82, 2.24) is 5.32 Å². The molecule has 26 heavy (non-hydrogen) atoms. The zero-order chi connectivity index (χ0) is 19.1. The van der Waals surface area contributed by atoms with Crippen LogP contribution in [0.15, 0.2) is 36.4 Å².